The standard InChI is InChI=1S/C17H12N4O2/c18-10-14-12(11-5-2-1-3-6-11)9-13(15-7-4-8-20-15)17(16(14)19)21(22)23/h1-9,20H,19H2. The van der Waals surface area contributed by atoms with Crippen LogP contribution in [0.1, 0.15) is 5.56 Å². The molecule has 0 fully saturated rings. The number of aromatic nitrogens is 1. The number of H-pyrrole nitrogens is 1. The molecule has 1 heterocycles. The third-order valence-electron chi connectivity index (χ3n) is 3.60. The third kappa shape index (κ3) is 2.40. The molecular weight excluding hydrogens is 292 g/mol. The Kier molecular flexibility index (Phi) is 3.53. The molecule has 112 valence electrons. The predicted octanol–water partition coefficient (Wildman–Crippen LogP) is 3.71. The summed E-state index contributed by atoms with van der Waals surface area (Å²) in [7, 11) is 0. The van der Waals surface area contributed by atoms with Crippen LogP contribution in [0.25, 0.3) is 22.4 Å². The van der Waals surface area contributed by atoms with E-state index in [0.717, 1.165) is 5.56 Å². The molecule has 0 bridgehead atoms. The van der Waals surface area contributed by atoms with Gasteiger partial charge in [-0.25, -0.2) is 0 Å². The Balaban J connectivity index is 2.39. The fourth-order valence-electron chi connectivity index (χ4n) is 2.56. The van der Waals surface area contributed by atoms with Gasteiger partial charge in [0, 0.05) is 11.8 Å². The van der Waals surface area contributed by atoms with Crippen LogP contribution in [0, 0.1) is 21.4 Å². The van der Waals surface area contributed by atoms with E-state index in [0.29, 0.717) is 16.8 Å². The van der Waals surface area contributed by atoms with E-state index >= 15 is 0 Å². The average Bonchev–Trinajstić information content (AvgIpc) is 3.08. The number of nitriles is 1. The van der Waals surface area contributed by atoms with Crippen LogP contribution in [0.3, 0.4) is 0 Å². The first-order valence-corrected chi connectivity index (χ1v) is 6.83. The molecule has 0 atom stereocenters. The summed E-state index contributed by atoms with van der Waals surface area (Å²) in [5.41, 5.74) is 7.97. The molecule has 0 aliphatic rings. The van der Waals surface area contributed by atoms with E-state index in [-0.39, 0.29) is 16.9 Å². The molecule has 0 aliphatic carbocycles. The molecule has 3 rings (SSSR count). The van der Waals surface area contributed by atoms with Gasteiger partial charge in [-0.1, -0.05) is 30.3 Å². The van der Waals surface area contributed by atoms with Crippen molar-refractivity contribution in [3.05, 3.63) is 70.4 Å². The first kappa shape index (κ1) is 14.4. The summed E-state index contributed by atoms with van der Waals surface area (Å²) in [5, 5.41) is 20.9. The van der Waals surface area contributed by atoms with Crippen LogP contribution in [0.5, 0.6) is 0 Å². The molecule has 0 saturated heterocycles. The lowest BCUT2D eigenvalue weighted by Gasteiger charge is -2.11. The maximum Gasteiger partial charge on any atom is 0.302 e. The molecule has 0 radical (unpaired) electrons. The number of aromatic amines is 1. The zero-order chi connectivity index (χ0) is 16.4. The number of nitrogens with one attached hydrogen (secondary N) is 1. The Morgan fingerprint density at radius 2 is 1.87 bits per heavy atom. The van der Waals surface area contributed by atoms with Gasteiger partial charge in [0.2, 0.25) is 0 Å². The van der Waals surface area contributed by atoms with Crippen LogP contribution in [-0.4, -0.2) is 9.91 Å². The van der Waals surface area contributed by atoms with Crippen molar-refractivity contribution < 1.29 is 4.92 Å². The summed E-state index contributed by atoms with van der Waals surface area (Å²) < 4.78 is 0. The summed E-state index contributed by atoms with van der Waals surface area (Å²) in [6, 6.07) is 16.3. The van der Waals surface area contributed by atoms with Gasteiger partial charge in [0.25, 0.3) is 0 Å². The number of nitrogens with two attached hydrogens (primary N) is 1. The predicted molar refractivity (Wildman–Crippen MR) is 87.4 cm³/mol. The van der Waals surface area contributed by atoms with E-state index in [1.807, 2.05) is 36.4 Å². The number of nitrogen functional groups attached to an aromatic ring is 1. The molecule has 3 aromatic rings. The van der Waals surface area contributed by atoms with Gasteiger partial charge >= 0.3 is 5.69 Å². The molecule has 1 aromatic heterocycles. The number of rotatable bonds is 3. The highest BCUT2D eigenvalue weighted by molar-refractivity contribution is 5.91. The highest BCUT2D eigenvalue weighted by atomic mass is 16.6. The molecular formula is C17H12N4O2. The lowest BCUT2D eigenvalue weighted by Crippen LogP contribution is -2.03. The normalized spacial score (nSPS) is 10.2. The Hall–Kier alpha value is -3.59. The summed E-state index contributed by atoms with van der Waals surface area (Å²) in [5.74, 6) is 0. The Morgan fingerprint density at radius 3 is 2.43 bits per heavy atom. The molecule has 0 unspecified atom stereocenters. The van der Waals surface area contributed by atoms with Gasteiger partial charge in [-0.05, 0) is 23.8 Å². The highest BCUT2D eigenvalue weighted by Gasteiger charge is 2.26. The number of nitro groups is 1. The van der Waals surface area contributed by atoms with Crippen LogP contribution >= 0.6 is 0 Å². The monoisotopic (exact) mass is 304 g/mol. The lowest BCUT2D eigenvalue weighted by molar-refractivity contribution is -0.383. The van der Waals surface area contributed by atoms with Crippen molar-refractivity contribution in [3.8, 4) is 28.5 Å². The maximum atomic E-state index is 11.5. The van der Waals surface area contributed by atoms with Crippen LogP contribution < -0.4 is 5.73 Å². The number of nitro benzene ring substituents is 1. The molecule has 0 amide bonds. The number of benzene rings is 2. The van der Waals surface area contributed by atoms with Crippen molar-refractivity contribution in [2.45, 2.75) is 0 Å². The maximum absolute atomic E-state index is 11.5. The van der Waals surface area contributed by atoms with Gasteiger partial charge < -0.3 is 10.7 Å². The Labute approximate surface area is 132 Å². The summed E-state index contributed by atoms with van der Waals surface area (Å²) in [6.45, 7) is 0. The zero-order valence-electron chi connectivity index (χ0n) is 12.0. The summed E-state index contributed by atoms with van der Waals surface area (Å²) >= 11 is 0. The molecule has 2 aromatic carbocycles. The summed E-state index contributed by atoms with van der Waals surface area (Å²) in [6.07, 6.45) is 1.68. The van der Waals surface area contributed by atoms with Crippen molar-refractivity contribution in [2.75, 3.05) is 5.73 Å². The smallest absolute Gasteiger partial charge is 0.302 e. The quantitative estimate of drug-likeness (QED) is 0.436. The second-order valence-corrected chi connectivity index (χ2v) is 4.93. The number of nitrogens with zero attached hydrogens (tertiary/aromatic N) is 2. The molecule has 6 heteroatoms. The van der Waals surface area contributed by atoms with E-state index < -0.39 is 4.92 Å². The molecule has 3 N–H and O–H groups in total. The average molecular weight is 304 g/mol. The first-order valence-electron chi connectivity index (χ1n) is 6.83. The van der Waals surface area contributed by atoms with Gasteiger partial charge in [-0.2, -0.15) is 5.26 Å². The Bertz CT molecular complexity index is 910. The number of hydrogen-bond donors (Lipinski definition) is 2. The van der Waals surface area contributed by atoms with Crippen LogP contribution in [0.15, 0.2) is 54.7 Å². The topological polar surface area (TPSA) is 109 Å². The van der Waals surface area contributed by atoms with Crippen molar-refractivity contribution in [1.29, 1.82) is 5.26 Å². The van der Waals surface area contributed by atoms with Crippen LogP contribution in [0.4, 0.5) is 11.4 Å². The van der Waals surface area contributed by atoms with E-state index in [4.69, 9.17) is 5.73 Å². The molecule has 23 heavy (non-hydrogen) atoms. The molecule has 6 nitrogen and oxygen atoms in total. The van der Waals surface area contributed by atoms with Gasteiger partial charge in [0.05, 0.1) is 21.7 Å². The van der Waals surface area contributed by atoms with E-state index in [2.05, 4.69) is 4.98 Å². The minimum Gasteiger partial charge on any atom is -0.392 e. The third-order valence-corrected chi connectivity index (χ3v) is 3.60. The summed E-state index contributed by atoms with van der Waals surface area (Å²) in [4.78, 5) is 13.9. The van der Waals surface area contributed by atoms with Gasteiger partial charge in [-0.15, -0.1) is 0 Å². The second kappa shape index (κ2) is 5.66. The fourth-order valence-corrected chi connectivity index (χ4v) is 2.56. The van der Waals surface area contributed by atoms with Crippen LogP contribution in [0.2, 0.25) is 0 Å². The largest absolute Gasteiger partial charge is 0.392 e. The van der Waals surface area contributed by atoms with Crippen molar-refractivity contribution >= 4 is 11.4 Å². The van der Waals surface area contributed by atoms with E-state index in [1.54, 1.807) is 24.4 Å². The second-order valence-electron chi connectivity index (χ2n) is 4.93. The molecule has 0 saturated carbocycles. The fraction of sp³-hybridized carbons (Fsp3) is 0. The molecule has 0 aliphatic heterocycles. The number of hydrogen-bond acceptors (Lipinski definition) is 4. The zero-order valence-corrected chi connectivity index (χ0v) is 12.0. The highest BCUT2D eigenvalue weighted by Crippen LogP contribution is 2.41. The Morgan fingerprint density at radius 1 is 1.13 bits per heavy atom. The lowest BCUT2D eigenvalue weighted by atomic mass is 9.93. The van der Waals surface area contributed by atoms with Gasteiger partial charge in [0.1, 0.15) is 11.8 Å². The number of anilines is 1. The van der Waals surface area contributed by atoms with Gasteiger partial charge in [-0.3, -0.25) is 10.1 Å². The van der Waals surface area contributed by atoms with Crippen molar-refractivity contribution in [3.63, 3.8) is 0 Å². The van der Waals surface area contributed by atoms with Gasteiger partial charge in [0.15, 0.2) is 0 Å². The van der Waals surface area contributed by atoms with Crippen molar-refractivity contribution in [2.24, 2.45) is 0 Å². The first-order chi connectivity index (χ1) is 11.1. The van der Waals surface area contributed by atoms with Crippen molar-refractivity contribution in [1.82, 2.24) is 4.98 Å². The molecule has 0 spiro atoms. The SMILES string of the molecule is N#Cc1c(-c2ccccc2)cc(-c2ccc[nH]2)c([N+](=O)[O-])c1N. The van der Waals surface area contributed by atoms with E-state index in [1.165, 1.54) is 0 Å². The van der Waals surface area contributed by atoms with E-state index in [9.17, 15) is 15.4 Å². The minimum atomic E-state index is -0.554. The van der Waals surface area contributed by atoms with Crippen LogP contribution in [-0.2, 0) is 0 Å². The minimum absolute atomic E-state index is 0.109.